The average molecular weight is 489 g/mol. The molecule has 1 N–H and O–H groups in total. The highest BCUT2D eigenvalue weighted by atomic mass is 19.4. The topological polar surface area (TPSA) is 55.9 Å². The second-order valence-electron chi connectivity index (χ2n) is 9.38. The Labute approximate surface area is 203 Å². The van der Waals surface area contributed by atoms with Crippen molar-refractivity contribution in [2.45, 2.75) is 44.3 Å². The fourth-order valence-electron chi connectivity index (χ4n) is 4.89. The van der Waals surface area contributed by atoms with Gasteiger partial charge in [0.2, 0.25) is 5.91 Å². The molecule has 0 saturated carbocycles. The Morgan fingerprint density at radius 2 is 1.69 bits per heavy atom. The Hall–Kier alpha value is -3.23. The van der Waals surface area contributed by atoms with Crippen molar-refractivity contribution in [1.82, 2.24) is 9.80 Å². The van der Waals surface area contributed by atoms with Crippen molar-refractivity contribution in [2.24, 2.45) is 0 Å². The summed E-state index contributed by atoms with van der Waals surface area (Å²) in [4.78, 5) is 30.1. The summed E-state index contributed by atoms with van der Waals surface area (Å²) in [5, 5.41) is 2.92. The third-order valence-electron chi connectivity index (χ3n) is 7.16. The van der Waals surface area contributed by atoms with Gasteiger partial charge in [-0.2, -0.15) is 13.2 Å². The van der Waals surface area contributed by atoms with E-state index in [0.717, 1.165) is 31.3 Å². The minimum atomic E-state index is -4.35. The summed E-state index contributed by atoms with van der Waals surface area (Å²) in [6.45, 7) is 4.21. The van der Waals surface area contributed by atoms with E-state index >= 15 is 0 Å². The lowest BCUT2D eigenvalue weighted by Gasteiger charge is -2.32. The maximum Gasteiger partial charge on any atom is 0.416 e. The van der Waals surface area contributed by atoms with Gasteiger partial charge >= 0.3 is 12.2 Å². The quantitative estimate of drug-likeness (QED) is 0.646. The number of urea groups is 1. The van der Waals surface area contributed by atoms with Crippen molar-refractivity contribution >= 4 is 23.3 Å². The van der Waals surface area contributed by atoms with Gasteiger partial charge in [-0.25, -0.2) is 4.79 Å². The van der Waals surface area contributed by atoms with Crippen LogP contribution in [0.1, 0.15) is 43.2 Å². The van der Waals surface area contributed by atoms with Crippen LogP contribution in [0.3, 0.4) is 0 Å². The third-order valence-corrected chi connectivity index (χ3v) is 7.16. The Balaban J connectivity index is 1.28. The number of hydrogen-bond donors (Lipinski definition) is 1. The summed E-state index contributed by atoms with van der Waals surface area (Å²) in [7, 11) is 1.83. The predicted octanol–water partition coefficient (Wildman–Crippen LogP) is 5.17. The number of nitrogens with zero attached hydrogens (tertiary/aromatic N) is 3. The summed E-state index contributed by atoms with van der Waals surface area (Å²) < 4.78 is 39.1. The molecule has 3 amide bonds. The molecule has 0 radical (unpaired) electrons. The molecule has 2 fully saturated rings. The molecule has 0 aromatic heterocycles. The lowest BCUT2D eigenvalue weighted by Crippen LogP contribution is -2.40. The molecule has 0 bridgehead atoms. The maximum absolute atomic E-state index is 13.0. The Kier molecular flexibility index (Phi) is 7.23. The Morgan fingerprint density at radius 1 is 1.00 bits per heavy atom. The zero-order valence-corrected chi connectivity index (χ0v) is 20.0. The minimum Gasteiger partial charge on any atom is -0.369 e. The molecule has 9 heteroatoms. The van der Waals surface area contributed by atoms with E-state index in [2.05, 4.69) is 10.2 Å². The van der Waals surface area contributed by atoms with E-state index < -0.39 is 11.7 Å². The first-order valence-corrected chi connectivity index (χ1v) is 11.9. The number of anilines is 2. The number of likely N-dealkylation sites (N-methyl/N-ethyl adjacent to an activating group) is 1. The van der Waals surface area contributed by atoms with E-state index in [1.54, 1.807) is 22.8 Å². The molecule has 6 nitrogen and oxygen atoms in total. The largest absolute Gasteiger partial charge is 0.416 e. The zero-order chi connectivity index (χ0) is 25.2. The first-order valence-electron chi connectivity index (χ1n) is 11.9. The number of hydrogen-bond acceptors (Lipinski definition) is 3. The van der Waals surface area contributed by atoms with Crippen LogP contribution < -0.4 is 10.2 Å². The molecule has 1 atom stereocenters. The molecule has 2 aromatic carbocycles. The van der Waals surface area contributed by atoms with Gasteiger partial charge in [-0.05, 0) is 61.1 Å². The highest BCUT2D eigenvalue weighted by molar-refractivity contribution is 5.89. The van der Waals surface area contributed by atoms with Crippen LogP contribution in [-0.2, 0) is 11.0 Å². The molecular weight excluding hydrogens is 457 g/mol. The lowest BCUT2D eigenvalue weighted by molar-refractivity contribution is -0.137. The molecule has 2 heterocycles. The molecule has 2 aliphatic heterocycles. The molecule has 2 aliphatic rings. The van der Waals surface area contributed by atoms with E-state index in [4.69, 9.17) is 0 Å². The van der Waals surface area contributed by atoms with Crippen molar-refractivity contribution in [2.75, 3.05) is 43.4 Å². The number of likely N-dealkylation sites (tertiary alicyclic amines) is 1. The van der Waals surface area contributed by atoms with Crippen LogP contribution in [0, 0.1) is 0 Å². The average Bonchev–Trinajstić information content (AvgIpc) is 3.34. The number of halogens is 3. The molecule has 2 aromatic rings. The highest BCUT2D eigenvalue weighted by Crippen LogP contribution is 2.34. The van der Waals surface area contributed by atoms with Gasteiger partial charge in [0.25, 0.3) is 0 Å². The SMILES string of the molecule is CC(=O)N(C)C1CCN(c2ccc(NC(=O)N3CCC(c4cccc(C(F)(F)F)c4)CC3)cc2)C1. The van der Waals surface area contributed by atoms with Crippen LogP contribution >= 0.6 is 0 Å². The van der Waals surface area contributed by atoms with Gasteiger partial charge in [0.1, 0.15) is 0 Å². The van der Waals surface area contributed by atoms with Crippen LogP contribution in [0.25, 0.3) is 0 Å². The van der Waals surface area contributed by atoms with Crippen molar-refractivity contribution in [3.63, 3.8) is 0 Å². The van der Waals surface area contributed by atoms with E-state index in [9.17, 15) is 22.8 Å². The van der Waals surface area contributed by atoms with Gasteiger partial charge < -0.3 is 20.0 Å². The molecule has 2 saturated heterocycles. The normalized spacial score (nSPS) is 19.1. The van der Waals surface area contributed by atoms with Crippen LogP contribution in [0.2, 0.25) is 0 Å². The first kappa shape index (κ1) is 24.9. The number of amides is 3. The number of rotatable bonds is 4. The summed E-state index contributed by atoms with van der Waals surface area (Å²) in [5.41, 5.74) is 1.78. The van der Waals surface area contributed by atoms with Crippen molar-refractivity contribution in [3.8, 4) is 0 Å². The van der Waals surface area contributed by atoms with E-state index in [1.807, 2.05) is 31.3 Å². The predicted molar refractivity (Wildman–Crippen MR) is 130 cm³/mol. The molecule has 35 heavy (non-hydrogen) atoms. The lowest BCUT2D eigenvalue weighted by atomic mass is 9.88. The van der Waals surface area contributed by atoms with Crippen molar-refractivity contribution in [1.29, 1.82) is 0 Å². The summed E-state index contributed by atoms with van der Waals surface area (Å²) >= 11 is 0. The molecule has 188 valence electrons. The van der Waals surface area contributed by atoms with Crippen molar-refractivity contribution < 1.29 is 22.8 Å². The minimum absolute atomic E-state index is 0.00645. The standard InChI is InChI=1S/C26H31F3N4O2/c1-18(34)31(2)24-12-15-33(17-24)23-8-6-22(7-9-23)30-25(35)32-13-10-19(11-14-32)20-4-3-5-21(16-20)26(27,28)29/h3-9,16,19,24H,10-15,17H2,1-2H3,(H,30,35). The molecule has 1 unspecified atom stereocenters. The Morgan fingerprint density at radius 3 is 2.31 bits per heavy atom. The van der Waals surface area contributed by atoms with Gasteiger partial charge in [0.15, 0.2) is 0 Å². The van der Waals surface area contributed by atoms with Crippen LogP contribution in [0.15, 0.2) is 48.5 Å². The molecule has 4 rings (SSSR count). The number of carbonyl (C=O) groups is 2. The maximum atomic E-state index is 13.0. The van der Waals surface area contributed by atoms with E-state index in [0.29, 0.717) is 37.2 Å². The fourth-order valence-corrected chi connectivity index (χ4v) is 4.89. The summed E-state index contributed by atoms with van der Waals surface area (Å²) in [6.07, 6.45) is -2.18. The summed E-state index contributed by atoms with van der Waals surface area (Å²) in [6, 6.07) is 13.2. The van der Waals surface area contributed by atoms with Crippen molar-refractivity contribution in [3.05, 3.63) is 59.7 Å². The van der Waals surface area contributed by atoms with Crippen LogP contribution in [0.4, 0.5) is 29.3 Å². The highest BCUT2D eigenvalue weighted by Gasteiger charge is 2.32. The third kappa shape index (κ3) is 5.89. The van der Waals surface area contributed by atoms with Gasteiger partial charge in [0.05, 0.1) is 11.6 Å². The van der Waals surface area contributed by atoms with E-state index in [1.165, 1.54) is 12.1 Å². The number of alkyl halides is 3. The van der Waals surface area contributed by atoms with Crippen LogP contribution in [-0.4, -0.2) is 61.0 Å². The molecule has 0 aliphatic carbocycles. The van der Waals surface area contributed by atoms with Gasteiger partial charge in [0, 0.05) is 51.5 Å². The zero-order valence-electron chi connectivity index (χ0n) is 20.0. The first-order chi connectivity index (χ1) is 16.6. The Bertz CT molecular complexity index is 1050. The van der Waals surface area contributed by atoms with E-state index in [-0.39, 0.29) is 23.9 Å². The molecular formula is C26H31F3N4O2. The monoisotopic (exact) mass is 488 g/mol. The number of benzene rings is 2. The number of carbonyl (C=O) groups excluding carboxylic acids is 2. The second-order valence-corrected chi connectivity index (χ2v) is 9.38. The number of piperidine rings is 1. The fraction of sp³-hybridized carbons (Fsp3) is 0.462. The van der Waals surface area contributed by atoms with Gasteiger partial charge in [-0.3, -0.25) is 4.79 Å². The second kappa shape index (κ2) is 10.2. The van der Waals surface area contributed by atoms with Crippen LogP contribution in [0.5, 0.6) is 0 Å². The van der Waals surface area contributed by atoms with Gasteiger partial charge in [-0.1, -0.05) is 18.2 Å². The van der Waals surface area contributed by atoms with Gasteiger partial charge in [-0.15, -0.1) is 0 Å². The molecule has 0 spiro atoms. The smallest absolute Gasteiger partial charge is 0.369 e. The number of nitrogens with one attached hydrogen (secondary N) is 1. The summed E-state index contributed by atoms with van der Waals surface area (Å²) in [5.74, 6) is 0.0701.